The summed E-state index contributed by atoms with van der Waals surface area (Å²) in [4.78, 5) is 6.94. The summed E-state index contributed by atoms with van der Waals surface area (Å²) < 4.78 is 18.4. The number of nitrogens with two attached hydrogens (primary N) is 1. The number of fused-ring (bicyclic) bond motifs is 1. The average molecular weight is 458 g/mol. The Morgan fingerprint density at radius 1 is 1.09 bits per heavy atom. The maximum absolute atomic E-state index is 12.7. The summed E-state index contributed by atoms with van der Waals surface area (Å²) in [6.45, 7) is 9.13. The van der Waals surface area contributed by atoms with E-state index in [1.165, 1.54) is 22.7 Å². The van der Waals surface area contributed by atoms with E-state index in [4.69, 9.17) is 10.5 Å². The fourth-order valence-electron chi connectivity index (χ4n) is 3.96. The first-order valence-electron chi connectivity index (χ1n) is 11.6. The summed E-state index contributed by atoms with van der Waals surface area (Å²) in [6.07, 6.45) is 4.15. The zero-order chi connectivity index (χ0) is 22.8. The Morgan fingerprint density at radius 2 is 1.81 bits per heavy atom. The van der Waals surface area contributed by atoms with E-state index < -0.39 is 0 Å². The molecule has 2 aromatic carbocycles. The summed E-state index contributed by atoms with van der Waals surface area (Å²) in [5.41, 5.74) is 9.50. The van der Waals surface area contributed by atoms with Crippen LogP contribution in [0.2, 0.25) is 0 Å². The molecule has 0 saturated carbocycles. The van der Waals surface area contributed by atoms with Crippen molar-refractivity contribution < 1.29 is 9.13 Å². The summed E-state index contributed by atoms with van der Waals surface area (Å²) in [5.74, 6) is -0.184. The smallest absolute Gasteiger partial charge is 0.123 e. The van der Waals surface area contributed by atoms with Crippen LogP contribution >= 0.6 is 11.8 Å². The lowest BCUT2D eigenvalue weighted by atomic mass is 10.1. The molecule has 0 spiro atoms. The number of thioether (sulfide) groups is 1. The van der Waals surface area contributed by atoms with Gasteiger partial charge in [-0.25, -0.2) is 9.38 Å². The molecule has 1 unspecified atom stereocenters. The first-order chi connectivity index (χ1) is 15.5. The second kappa shape index (κ2) is 13.1. The van der Waals surface area contributed by atoms with Gasteiger partial charge in [0.15, 0.2) is 0 Å². The van der Waals surface area contributed by atoms with E-state index in [0.717, 1.165) is 63.2 Å². The normalized spacial score (nSPS) is 19.0. The van der Waals surface area contributed by atoms with Gasteiger partial charge in [0.05, 0.1) is 17.3 Å². The first kappa shape index (κ1) is 24.9. The molecule has 2 aromatic rings. The van der Waals surface area contributed by atoms with Gasteiger partial charge in [-0.2, -0.15) is 0 Å². The maximum Gasteiger partial charge on any atom is 0.123 e. The molecule has 32 heavy (non-hydrogen) atoms. The van der Waals surface area contributed by atoms with Gasteiger partial charge in [-0.05, 0) is 81.9 Å². The lowest BCUT2D eigenvalue weighted by Crippen LogP contribution is -2.40. The Morgan fingerprint density at radius 3 is 2.56 bits per heavy atom. The van der Waals surface area contributed by atoms with E-state index in [2.05, 4.69) is 41.9 Å². The molecule has 0 radical (unpaired) electrons. The molecule has 1 saturated heterocycles. The van der Waals surface area contributed by atoms with E-state index in [0.29, 0.717) is 17.9 Å². The molecule has 0 bridgehead atoms. The molecule has 0 aromatic heterocycles. The summed E-state index contributed by atoms with van der Waals surface area (Å²) in [7, 11) is 0. The van der Waals surface area contributed by atoms with Crippen LogP contribution in [-0.4, -0.2) is 48.8 Å². The number of halogens is 1. The van der Waals surface area contributed by atoms with Crippen molar-refractivity contribution >= 4 is 22.5 Å². The fourth-order valence-corrected chi connectivity index (χ4v) is 4.95. The van der Waals surface area contributed by atoms with Crippen molar-refractivity contribution in [3.05, 3.63) is 65.5 Å². The van der Waals surface area contributed by atoms with E-state index >= 15 is 0 Å². The van der Waals surface area contributed by atoms with Gasteiger partial charge in [0.25, 0.3) is 0 Å². The highest BCUT2D eigenvalue weighted by atomic mass is 32.2. The van der Waals surface area contributed by atoms with Gasteiger partial charge in [-0.3, -0.25) is 0 Å². The molecular weight excluding hydrogens is 421 g/mol. The number of hydrogen-bond acceptors (Lipinski definition) is 5. The summed E-state index contributed by atoms with van der Waals surface area (Å²) in [5, 5.41) is 1.72. The molecule has 2 heterocycles. The fraction of sp³-hybridized carbons (Fsp3) is 0.500. The minimum atomic E-state index is -0.184. The van der Waals surface area contributed by atoms with Gasteiger partial charge >= 0.3 is 0 Å². The summed E-state index contributed by atoms with van der Waals surface area (Å²) >= 11 is 1.83. The van der Waals surface area contributed by atoms with Crippen LogP contribution in [0.15, 0.2) is 53.5 Å². The molecule has 2 aliphatic heterocycles. The van der Waals surface area contributed by atoms with Gasteiger partial charge in [-0.15, -0.1) is 11.8 Å². The Labute approximate surface area is 196 Å². The highest BCUT2D eigenvalue weighted by Gasteiger charge is 2.16. The number of likely N-dealkylation sites (tertiary alicyclic amines) is 1. The summed E-state index contributed by atoms with van der Waals surface area (Å²) in [6, 6.07) is 15.4. The molecule has 2 aliphatic rings. The Bertz CT molecular complexity index is 850. The second-order valence-corrected chi connectivity index (χ2v) is 10.0. The molecule has 0 aliphatic carbocycles. The van der Waals surface area contributed by atoms with Crippen molar-refractivity contribution in [2.45, 2.75) is 50.8 Å². The molecule has 1 fully saturated rings. The largest absolute Gasteiger partial charge is 0.381 e. The molecule has 2 N–H and O–H groups in total. The Balaban J connectivity index is 0.000000204. The zero-order valence-electron chi connectivity index (χ0n) is 19.3. The van der Waals surface area contributed by atoms with Crippen molar-refractivity contribution in [1.29, 1.82) is 0 Å². The van der Waals surface area contributed by atoms with Crippen LogP contribution in [0.3, 0.4) is 0 Å². The van der Waals surface area contributed by atoms with Crippen LogP contribution in [0.5, 0.6) is 0 Å². The van der Waals surface area contributed by atoms with Gasteiger partial charge < -0.3 is 15.4 Å². The van der Waals surface area contributed by atoms with E-state index in [1.54, 1.807) is 0 Å². The number of hydrogen-bond donors (Lipinski definition) is 1. The van der Waals surface area contributed by atoms with Crippen LogP contribution < -0.4 is 5.73 Å². The third-order valence-electron chi connectivity index (χ3n) is 5.84. The number of rotatable bonds is 7. The van der Waals surface area contributed by atoms with E-state index in [9.17, 15) is 4.39 Å². The second-order valence-electron chi connectivity index (χ2n) is 8.47. The van der Waals surface area contributed by atoms with Gasteiger partial charge in [0, 0.05) is 24.4 Å². The van der Waals surface area contributed by atoms with Gasteiger partial charge in [-0.1, -0.05) is 30.3 Å². The molecule has 1 atom stereocenters. The Kier molecular flexibility index (Phi) is 10.2. The number of ether oxygens (including phenoxy) is 1. The number of piperidine rings is 1. The van der Waals surface area contributed by atoms with Crippen molar-refractivity contribution in [3.8, 4) is 0 Å². The van der Waals surface area contributed by atoms with Crippen molar-refractivity contribution in [2.24, 2.45) is 10.7 Å². The molecule has 6 heteroatoms. The van der Waals surface area contributed by atoms with Crippen LogP contribution in [0, 0.1) is 5.82 Å². The van der Waals surface area contributed by atoms with Gasteiger partial charge in [0.1, 0.15) is 5.82 Å². The monoisotopic (exact) mass is 457 g/mol. The van der Waals surface area contributed by atoms with Crippen LogP contribution in [0.25, 0.3) is 0 Å². The van der Waals surface area contributed by atoms with Crippen LogP contribution in [0.1, 0.15) is 49.5 Å². The number of nitrogens with zero attached hydrogens (tertiary/aromatic N) is 2. The number of benzene rings is 2. The topological polar surface area (TPSA) is 50.8 Å². The lowest BCUT2D eigenvalue weighted by molar-refractivity contribution is 0.118. The molecular formula is C26H36FN3OS. The zero-order valence-corrected chi connectivity index (χ0v) is 20.1. The van der Waals surface area contributed by atoms with E-state index in [1.807, 2.05) is 30.0 Å². The Hall–Kier alpha value is -1.73. The average Bonchev–Trinajstić information content (AvgIpc) is 2.79. The minimum absolute atomic E-state index is 0.184. The van der Waals surface area contributed by atoms with Crippen molar-refractivity contribution in [2.75, 3.05) is 32.8 Å². The first-order valence-corrected chi connectivity index (χ1v) is 12.5. The minimum Gasteiger partial charge on any atom is -0.381 e. The van der Waals surface area contributed by atoms with Crippen LogP contribution in [0.4, 0.5) is 10.1 Å². The molecule has 174 valence electrons. The SMILES string of the molecule is CC1=Nc2ccccc2C(C)S1.NC1CCN(CCCOCCc2ccc(F)cc2)CC1. The van der Waals surface area contributed by atoms with Crippen molar-refractivity contribution in [3.63, 3.8) is 0 Å². The quantitative estimate of drug-likeness (QED) is 0.539. The lowest BCUT2D eigenvalue weighted by Gasteiger charge is -2.29. The highest BCUT2D eigenvalue weighted by Crippen LogP contribution is 2.40. The predicted octanol–water partition coefficient (Wildman–Crippen LogP) is 5.74. The van der Waals surface area contributed by atoms with Crippen LogP contribution in [-0.2, 0) is 11.2 Å². The molecule has 4 nitrogen and oxygen atoms in total. The van der Waals surface area contributed by atoms with Gasteiger partial charge in [0.2, 0.25) is 0 Å². The van der Waals surface area contributed by atoms with E-state index in [-0.39, 0.29) is 5.82 Å². The third kappa shape index (κ3) is 8.32. The number of aliphatic imine (C=N–C) groups is 1. The third-order valence-corrected chi connectivity index (χ3v) is 6.88. The predicted molar refractivity (Wildman–Crippen MR) is 134 cm³/mol. The maximum atomic E-state index is 12.7. The highest BCUT2D eigenvalue weighted by molar-refractivity contribution is 8.14. The standard InChI is InChI=1S/C16H25FN2O.C10H11NS/c17-15-4-2-14(3-5-15)8-13-20-12-1-9-19-10-6-16(18)7-11-19;1-7-9-5-3-4-6-10(9)11-8(2)12-7/h2-5,16H,1,6-13,18H2;3-7H,1-2H3. The number of para-hydroxylation sites is 1. The van der Waals surface area contributed by atoms with Crippen molar-refractivity contribution in [1.82, 2.24) is 4.90 Å². The molecule has 0 amide bonds. The molecule has 4 rings (SSSR count).